The van der Waals surface area contributed by atoms with Crippen LogP contribution in [0.25, 0.3) is 11.4 Å². The number of nitrogens with two attached hydrogens (primary N) is 1. The number of primary amides is 1. The zero-order valence-electron chi connectivity index (χ0n) is 17.7. The van der Waals surface area contributed by atoms with Gasteiger partial charge in [0.05, 0.1) is 12.7 Å². The van der Waals surface area contributed by atoms with E-state index >= 15 is 0 Å². The number of carbonyl (C=O) groups excluding carboxylic acids is 2. The lowest BCUT2D eigenvalue weighted by molar-refractivity contribution is -0.116. The van der Waals surface area contributed by atoms with Gasteiger partial charge >= 0.3 is 0 Å². The van der Waals surface area contributed by atoms with E-state index in [1.165, 1.54) is 16.1 Å². The lowest BCUT2D eigenvalue weighted by Crippen LogP contribution is -2.17. The highest BCUT2D eigenvalue weighted by Crippen LogP contribution is 2.33. The van der Waals surface area contributed by atoms with E-state index in [0.717, 1.165) is 10.6 Å². The second kappa shape index (κ2) is 8.31. The Balaban J connectivity index is 1.80. The van der Waals surface area contributed by atoms with Crippen LogP contribution in [0.4, 0.5) is 5.13 Å². The van der Waals surface area contributed by atoms with E-state index in [9.17, 15) is 9.59 Å². The van der Waals surface area contributed by atoms with Crippen molar-refractivity contribution in [1.29, 1.82) is 0 Å². The Bertz CT molecular complexity index is 1100. The van der Waals surface area contributed by atoms with Crippen LogP contribution in [0.15, 0.2) is 18.2 Å². The molecule has 0 spiro atoms. The number of anilines is 1. The third kappa shape index (κ3) is 4.70. The Kier molecular flexibility index (Phi) is 5.97. The van der Waals surface area contributed by atoms with Crippen LogP contribution in [0, 0.1) is 6.92 Å². The predicted octanol–water partition coefficient (Wildman–Crippen LogP) is 2.61. The van der Waals surface area contributed by atoms with Crippen molar-refractivity contribution in [2.75, 3.05) is 5.32 Å². The van der Waals surface area contributed by atoms with E-state index in [1.807, 2.05) is 6.92 Å². The number of rotatable bonds is 6. The van der Waals surface area contributed by atoms with Gasteiger partial charge in [0.1, 0.15) is 0 Å². The molecule has 0 fully saturated rings. The largest absolute Gasteiger partial charge is 0.366 e. The quantitative estimate of drug-likeness (QED) is 0.622. The molecule has 3 aromatic rings. The molecule has 158 valence electrons. The molecule has 3 N–H and O–H groups in total. The first kappa shape index (κ1) is 21.6. The van der Waals surface area contributed by atoms with E-state index < -0.39 is 5.91 Å². The van der Waals surface area contributed by atoms with Crippen molar-refractivity contribution in [3.8, 4) is 11.4 Å². The van der Waals surface area contributed by atoms with Crippen molar-refractivity contribution in [1.82, 2.24) is 25.2 Å². The van der Waals surface area contributed by atoms with E-state index in [4.69, 9.17) is 5.73 Å². The number of tetrazole rings is 1. The highest BCUT2D eigenvalue weighted by Gasteiger charge is 2.22. The number of nitrogens with one attached hydrogen (secondary N) is 1. The Hall–Kier alpha value is -3.14. The van der Waals surface area contributed by atoms with Crippen LogP contribution in [0.1, 0.15) is 53.7 Å². The fourth-order valence-corrected chi connectivity index (χ4v) is 4.29. The summed E-state index contributed by atoms with van der Waals surface area (Å²) in [6, 6.07) is 5.13. The predicted molar refractivity (Wildman–Crippen MR) is 115 cm³/mol. The number of nitrogens with zero attached hydrogens (tertiary/aromatic N) is 5. The standard InChI is InChI=1S/C20H25N7O2S/c1-11-16(20(2,3)4)30-19(22-11)23-15(28)10-9-12-13(17(21)29)7-6-8-14(12)18-24-26-27(5)25-18/h6-8H,9-10H2,1-5H3,(H2,21,29)(H,22,23,28). The molecule has 0 saturated heterocycles. The van der Waals surface area contributed by atoms with Crippen LogP contribution in [-0.2, 0) is 23.7 Å². The van der Waals surface area contributed by atoms with E-state index in [1.54, 1.807) is 25.2 Å². The molecule has 0 radical (unpaired) electrons. The molecule has 1 aromatic carbocycles. The molecule has 0 atom stereocenters. The number of amides is 2. The zero-order valence-corrected chi connectivity index (χ0v) is 18.5. The fraction of sp³-hybridized carbons (Fsp3) is 0.400. The van der Waals surface area contributed by atoms with E-state index in [0.29, 0.717) is 34.1 Å². The highest BCUT2D eigenvalue weighted by atomic mass is 32.1. The van der Waals surface area contributed by atoms with Crippen LogP contribution >= 0.6 is 11.3 Å². The molecule has 2 aromatic heterocycles. The molecule has 2 heterocycles. The maximum Gasteiger partial charge on any atom is 0.249 e. The summed E-state index contributed by atoms with van der Waals surface area (Å²) in [7, 11) is 1.66. The number of carbonyl (C=O) groups is 2. The number of hydrogen-bond donors (Lipinski definition) is 2. The van der Waals surface area contributed by atoms with Crippen molar-refractivity contribution in [2.45, 2.75) is 46.0 Å². The van der Waals surface area contributed by atoms with E-state index in [-0.39, 0.29) is 17.7 Å². The van der Waals surface area contributed by atoms with Crippen LogP contribution in [0.3, 0.4) is 0 Å². The molecule has 0 bridgehead atoms. The third-order valence-electron chi connectivity index (χ3n) is 4.52. The van der Waals surface area contributed by atoms with Crippen molar-refractivity contribution < 1.29 is 9.59 Å². The molecule has 0 unspecified atom stereocenters. The maximum absolute atomic E-state index is 12.6. The monoisotopic (exact) mass is 427 g/mol. The molecular formula is C20H25N7O2S. The summed E-state index contributed by atoms with van der Waals surface area (Å²) in [5, 5.41) is 15.5. The first-order chi connectivity index (χ1) is 14.1. The summed E-state index contributed by atoms with van der Waals surface area (Å²) >= 11 is 1.48. The molecule has 0 saturated carbocycles. The molecule has 0 aliphatic carbocycles. The Morgan fingerprint density at radius 3 is 2.57 bits per heavy atom. The van der Waals surface area contributed by atoms with Gasteiger partial charge < -0.3 is 11.1 Å². The summed E-state index contributed by atoms with van der Waals surface area (Å²) in [5.41, 5.74) is 8.02. The van der Waals surface area contributed by atoms with E-state index in [2.05, 4.69) is 46.5 Å². The second-order valence-corrected chi connectivity index (χ2v) is 9.03. The van der Waals surface area contributed by atoms with Gasteiger partial charge in [-0.25, -0.2) is 4.98 Å². The van der Waals surface area contributed by atoms with Crippen molar-refractivity contribution >= 4 is 28.3 Å². The van der Waals surface area contributed by atoms with Gasteiger partial charge in [0.25, 0.3) is 0 Å². The summed E-state index contributed by atoms with van der Waals surface area (Å²) in [6.45, 7) is 8.28. The maximum atomic E-state index is 12.6. The normalized spacial score (nSPS) is 11.5. The van der Waals surface area contributed by atoms with Crippen molar-refractivity contribution in [2.24, 2.45) is 12.8 Å². The minimum absolute atomic E-state index is 0.0379. The Labute approximate surface area is 178 Å². The van der Waals surface area contributed by atoms with Crippen LogP contribution in [0.2, 0.25) is 0 Å². The Morgan fingerprint density at radius 2 is 2.00 bits per heavy atom. The van der Waals surface area contributed by atoms with Gasteiger partial charge in [0.2, 0.25) is 17.6 Å². The lowest BCUT2D eigenvalue weighted by Gasteiger charge is -2.16. The SMILES string of the molecule is Cc1nc(NC(=O)CCc2c(C(N)=O)cccc2-c2nnn(C)n2)sc1C(C)(C)C. The minimum Gasteiger partial charge on any atom is -0.366 e. The number of aryl methyl sites for hydroxylation is 2. The zero-order chi connectivity index (χ0) is 22.1. The highest BCUT2D eigenvalue weighted by molar-refractivity contribution is 7.16. The summed E-state index contributed by atoms with van der Waals surface area (Å²) in [5.74, 6) is -0.385. The van der Waals surface area contributed by atoms with Crippen molar-refractivity contribution in [3.63, 3.8) is 0 Å². The summed E-state index contributed by atoms with van der Waals surface area (Å²) in [6.07, 6.45) is 0.454. The smallest absolute Gasteiger partial charge is 0.249 e. The fourth-order valence-electron chi connectivity index (χ4n) is 3.25. The lowest BCUT2D eigenvalue weighted by atomic mass is 9.94. The van der Waals surface area contributed by atoms with Gasteiger partial charge in [-0.15, -0.1) is 21.5 Å². The minimum atomic E-state index is -0.568. The van der Waals surface area contributed by atoms with Gasteiger partial charge in [-0.3, -0.25) is 9.59 Å². The first-order valence-corrected chi connectivity index (χ1v) is 10.3. The van der Waals surface area contributed by atoms with Gasteiger partial charge in [-0.2, -0.15) is 4.80 Å². The number of thiazole rings is 1. The molecular weight excluding hydrogens is 402 g/mol. The molecule has 3 rings (SSSR count). The Morgan fingerprint density at radius 1 is 1.27 bits per heavy atom. The van der Waals surface area contributed by atoms with Gasteiger partial charge in [-0.05, 0) is 35.6 Å². The number of aromatic nitrogens is 5. The average Bonchev–Trinajstić information content (AvgIpc) is 3.24. The van der Waals surface area contributed by atoms with Gasteiger partial charge in [0, 0.05) is 22.4 Å². The van der Waals surface area contributed by atoms with Crippen LogP contribution in [-0.4, -0.2) is 37.0 Å². The number of benzene rings is 1. The molecule has 2 amide bonds. The molecule has 0 aliphatic heterocycles. The summed E-state index contributed by atoms with van der Waals surface area (Å²) < 4.78 is 0. The molecule has 9 nitrogen and oxygen atoms in total. The van der Waals surface area contributed by atoms with Crippen LogP contribution in [0.5, 0.6) is 0 Å². The molecule has 10 heteroatoms. The van der Waals surface area contributed by atoms with Crippen LogP contribution < -0.4 is 11.1 Å². The van der Waals surface area contributed by atoms with Crippen molar-refractivity contribution in [3.05, 3.63) is 39.9 Å². The third-order valence-corrected chi connectivity index (χ3v) is 6.02. The molecule has 0 aliphatic rings. The first-order valence-electron chi connectivity index (χ1n) is 9.50. The summed E-state index contributed by atoms with van der Waals surface area (Å²) in [4.78, 5) is 31.4. The van der Waals surface area contributed by atoms with Gasteiger partial charge in [0.15, 0.2) is 5.13 Å². The topological polar surface area (TPSA) is 129 Å². The number of hydrogen-bond acceptors (Lipinski definition) is 7. The average molecular weight is 428 g/mol. The molecule has 30 heavy (non-hydrogen) atoms. The van der Waals surface area contributed by atoms with Gasteiger partial charge in [-0.1, -0.05) is 32.9 Å². The second-order valence-electron chi connectivity index (χ2n) is 8.03.